The lowest BCUT2D eigenvalue weighted by Gasteiger charge is -2.14. The maximum absolute atomic E-state index is 10.3. The molecule has 0 bridgehead atoms. The largest absolute Gasteiger partial charge is 0.496 e. The molecule has 18 heavy (non-hydrogen) atoms. The summed E-state index contributed by atoms with van der Waals surface area (Å²) in [5, 5.41) is 19.0. The molecule has 0 amide bonds. The van der Waals surface area contributed by atoms with Crippen molar-refractivity contribution in [2.75, 3.05) is 7.11 Å². The summed E-state index contributed by atoms with van der Waals surface area (Å²) in [5.41, 5.74) is 2.02. The van der Waals surface area contributed by atoms with Gasteiger partial charge >= 0.3 is 0 Å². The fraction of sp³-hybridized carbons (Fsp3) is 0.133. The molecule has 0 aliphatic rings. The van der Waals surface area contributed by atoms with E-state index in [0.717, 1.165) is 5.56 Å². The Labute approximate surface area is 106 Å². The molecular formula is C15H13NO2. The number of para-hydroxylation sites is 1. The zero-order valence-electron chi connectivity index (χ0n) is 10.00. The molecule has 1 N–H and O–H groups in total. The van der Waals surface area contributed by atoms with Gasteiger partial charge in [-0.3, -0.25) is 0 Å². The van der Waals surface area contributed by atoms with Crippen molar-refractivity contribution in [3.05, 3.63) is 65.2 Å². The SMILES string of the molecule is COc1ccccc1[C@@H](O)c1ccc(C#N)cc1. The molecule has 0 radical (unpaired) electrons. The third kappa shape index (κ3) is 2.34. The lowest BCUT2D eigenvalue weighted by molar-refractivity contribution is 0.214. The van der Waals surface area contributed by atoms with E-state index in [1.165, 1.54) is 0 Å². The van der Waals surface area contributed by atoms with Crippen LogP contribution in [0.4, 0.5) is 0 Å². The molecule has 90 valence electrons. The van der Waals surface area contributed by atoms with E-state index in [-0.39, 0.29) is 0 Å². The van der Waals surface area contributed by atoms with Gasteiger partial charge in [-0.2, -0.15) is 5.26 Å². The molecule has 0 aliphatic heterocycles. The third-order valence-electron chi connectivity index (χ3n) is 2.79. The summed E-state index contributed by atoms with van der Waals surface area (Å²) >= 11 is 0. The summed E-state index contributed by atoms with van der Waals surface area (Å²) in [5.74, 6) is 0.648. The molecule has 3 nitrogen and oxygen atoms in total. The summed E-state index contributed by atoms with van der Waals surface area (Å²) in [4.78, 5) is 0. The van der Waals surface area contributed by atoms with Gasteiger partial charge in [0.2, 0.25) is 0 Å². The van der Waals surface area contributed by atoms with Crippen molar-refractivity contribution >= 4 is 0 Å². The lowest BCUT2D eigenvalue weighted by Crippen LogP contribution is -2.02. The highest BCUT2D eigenvalue weighted by molar-refractivity contribution is 5.41. The number of methoxy groups -OCH3 is 1. The molecule has 0 fully saturated rings. The van der Waals surface area contributed by atoms with Crippen molar-refractivity contribution in [3.63, 3.8) is 0 Å². The number of hydrogen-bond acceptors (Lipinski definition) is 3. The second kappa shape index (κ2) is 5.35. The van der Waals surface area contributed by atoms with Crippen LogP contribution in [0, 0.1) is 11.3 Å². The van der Waals surface area contributed by atoms with E-state index < -0.39 is 6.10 Å². The predicted molar refractivity (Wildman–Crippen MR) is 68.2 cm³/mol. The molecule has 2 aromatic rings. The molecule has 0 saturated heterocycles. The standard InChI is InChI=1S/C15H13NO2/c1-18-14-5-3-2-4-13(14)15(17)12-8-6-11(10-16)7-9-12/h2-9,15,17H,1H3/t15-/m0/s1. The van der Waals surface area contributed by atoms with E-state index >= 15 is 0 Å². The van der Waals surface area contributed by atoms with Crippen LogP contribution in [0.15, 0.2) is 48.5 Å². The van der Waals surface area contributed by atoms with Gasteiger partial charge in [0.1, 0.15) is 11.9 Å². The second-order valence-corrected chi connectivity index (χ2v) is 3.88. The lowest BCUT2D eigenvalue weighted by atomic mass is 10.00. The van der Waals surface area contributed by atoms with Gasteiger partial charge in [-0.25, -0.2) is 0 Å². The Bertz CT molecular complexity index is 570. The predicted octanol–water partition coefficient (Wildman–Crippen LogP) is 2.65. The van der Waals surface area contributed by atoms with Crippen molar-refractivity contribution in [3.8, 4) is 11.8 Å². The molecule has 2 rings (SSSR count). The highest BCUT2D eigenvalue weighted by atomic mass is 16.5. The zero-order chi connectivity index (χ0) is 13.0. The Hall–Kier alpha value is -2.31. The van der Waals surface area contributed by atoms with Crippen LogP contribution in [0.5, 0.6) is 5.75 Å². The minimum Gasteiger partial charge on any atom is -0.496 e. The van der Waals surface area contributed by atoms with Crippen molar-refractivity contribution in [2.24, 2.45) is 0 Å². The van der Waals surface area contributed by atoms with Gasteiger partial charge in [-0.15, -0.1) is 0 Å². The fourth-order valence-corrected chi connectivity index (χ4v) is 1.81. The van der Waals surface area contributed by atoms with Gasteiger partial charge in [-0.1, -0.05) is 30.3 Å². The van der Waals surface area contributed by atoms with E-state index in [1.54, 1.807) is 31.4 Å². The van der Waals surface area contributed by atoms with Gasteiger partial charge in [-0.05, 0) is 23.8 Å². The van der Waals surface area contributed by atoms with Crippen LogP contribution < -0.4 is 4.74 Å². The van der Waals surface area contributed by atoms with E-state index in [0.29, 0.717) is 16.9 Å². The van der Waals surface area contributed by atoms with E-state index in [1.807, 2.05) is 30.3 Å². The monoisotopic (exact) mass is 239 g/mol. The minimum atomic E-state index is -0.756. The van der Waals surface area contributed by atoms with Gasteiger partial charge in [0, 0.05) is 5.56 Å². The molecule has 2 aromatic carbocycles. The quantitative estimate of drug-likeness (QED) is 0.895. The topological polar surface area (TPSA) is 53.2 Å². The first-order valence-electron chi connectivity index (χ1n) is 5.57. The average molecular weight is 239 g/mol. The molecule has 1 atom stereocenters. The average Bonchev–Trinajstić information content (AvgIpc) is 2.46. The molecule has 0 heterocycles. The van der Waals surface area contributed by atoms with Crippen molar-refractivity contribution in [2.45, 2.75) is 6.10 Å². The van der Waals surface area contributed by atoms with Crippen LogP contribution in [0.2, 0.25) is 0 Å². The van der Waals surface area contributed by atoms with Gasteiger partial charge in [0.15, 0.2) is 0 Å². The zero-order valence-corrected chi connectivity index (χ0v) is 10.00. The summed E-state index contributed by atoms with van der Waals surface area (Å²) in [6.45, 7) is 0. The number of hydrogen-bond donors (Lipinski definition) is 1. The molecule has 0 spiro atoms. The third-order valence-corrected chi connectivity index (χ3v) is 2.79. The number of nitriles is 1. The Morgan fingerprint density at radius 2 is 1.78 bits per heavy atom. The summed E-state index contributed by atoms with van der Waals surface area (Å²) < 4.78 is 5.22. The van der Waals surface area contributed by atoms with Crippen LogP contribution >= 0.6 is 0 Å². The number of benzene rings is 2. The van der Waals surface area contributed by atoms with Gasteiger partial charge in [0.05, 0.1) is 18.7 Å². The minimum absolute atomic E-state index is 0.575. The van der Waals surface area contributed by atoms with E-state index in [4.69, 9.17) is 10.00 Å². The number of aliphatic hydroxyl groups is 1. The Balaban J connectivity index is 2.35. The molecule has 3 heteroatoms. The second-order valence-electron chi connectivity index (χ2n) is 3.88. The first-order chi connectivity index (χ1) is 8.76. The Morgan fingerprint density at radius 3 is 2.39 bits per heavy atom. The summed E-state index contributed by atoms with van der Waals surface area (Å²) in [6, 6.07) is 16.3. The maximum atomic E-state index is 10.3. The van der Waals surface area contributed by atoms with Crippen LogP contribution in [-0.4, -0.2) is 12.2 Å². The number of aliphatic hydroxyl groups excluding tert-OH is 1. The van der Waals surface area contributed by atoms with Crippen molar-refractivity contribution in [1.82, 2.24) is 0 Å². The Morgan fingerprint density at radius 1 is 1.11 bits per heavy atom. The first kappa shape index (κ1) is 12.2. The first-order valence-corrected chi connectivity index (χ1v) is 5.57. The smallest absolute Gasteiger partial charge is 0.125 e. The number of ether oxygens (including phenoxy) is 1. The van der Waals surface area contributed by atoms with Gasteiger partial charge < -0.3 is 9.84 Å². The molecule has 0 unspecified atom stereocenters. The highest BCUT2D eigenvalue weighted by Gasteiger charge is 2.14. The fourth-order valence-electron chi connectivity index (χ4n) is 1.81. The molecule has 0 aliphatic carbocycles. The summed E-state index contributed by atoms with van der Waals surface area (Å²) in [6.07, 6.45) is -0.756. The van der Waals surface area contributed by atoms with E-state index in [2.05, 4.69) is 0 Å². The van der Waals surface area contributed by atoms with Gasteiger partial charge in [0.25, 0.3) is 0 Å². The Kier molecular flexibility index (Phi) is 3.61. The van der Waals surface area contributed by atoms with E-state index in [9.17, 15) is 5.11 Å². The molecule has 0 saturated carbocycles. The van der Waals surface area contributed by atoms with Crippen molar-refractivity contribution in [1.29, 1.82) is 5.26 Å². The van der Waals surface area contributed by atoms with Crippen molar-refractivity contribution < 1.29 is 9.84 Å². The normalized spacial score (nSPS) is 11.6. The van der Waals surface area contributed by atoms with Crippen LogP contribution in [0.1, 0.15) is 22.8 Å². The molecule has 0 aromatic heterocycles. The highest BCUT2D eigenvalue weighted by Crippen LogP contribution is 2.29. The van der Waals surface area contributed by atoms with Crippen LogP contribution in [0.3, 0.4) is 0 Å². The number of nitrogens with zero attached hydrogens (tertiary/aromatic N) is 1. The summed E-state index contributed by atoms with van der Waals surface area (Å²) in [7, 11) is 1.57. The van der Waals surface area contributed by atoms with Crippen LogP contribution in [0.25, 0.3) is 0 Å². The number of rotatable bonds is 3. The molecular weight excluding hydrogens is 226 g/mol. The maximum Gasteiger partial charge on any atom is 0.125 e. The van der Waals surface area contributed by atoms with Crippen LogP contribution in [-0.2, 0) is 0 Å².